The first-order valence-electron chi connectivity index (χ1n) is 3.90. The number of rotatable bonds is 3. The van der Waals surface area contributed by atoms with Gasteiger partial charge in [0, 0.05) is 11.8 Å². The van der Waals surface area contributed by atoms with E-state index in [0.717, 1.165) is 0 Å². The van der Waals surface area contributed by atoms with Gasteiger partial charge in [-0.2, -0.15) is 0 Å². The van der Waals surface area contributed by atoms with Gasteiger partial charge in [0.05, 0.1) is 7.11 Å². The maximum absolute atomic E-state index is 10.9. The maximum atomic E-state index is 10.9. The van der Waals surface area contributed by atoms with Crippen LogP contribution in [0.25, 0.3) is 0 Å². The highest BCUT2D eigenvalue weighted by Gasteiger charge is 2.04. The second-order valence-corrected chi connectivity index (χ2v) is 2.84. The summed E-state index contributed by atoms with van der Waals surface area (Å²) in [5, 5.41) is 11.9. The zero-order chi connectivity index (χ0) is 10.6. The number of hydrogen-bond donors (Lipinski definition) is 2. The van der Waals surface area contributed by atoms with Crippen LogP contribution in [0.1, 0.15) is 0 Å². The Morgan fingerprint density at radius 2 is 2.36 bits per heavy atom. The van der Waals surface area contributed by atoms with Crippen LogP contribution in [-0.2, 0) is 4.79 Å². The van der Waals surface area contributed by atoms with E-state index in [0.29, 0.717) is 11.4 Å². The number of alkyl halides is 1. The standard InChI is InChI=1S/C9H10ClNO3/c1-14-8-3-2-6(4-7(8)12)11-9(13)5-10/h2-4,12H,5H2,1H3,(H,11,13). The lowest BCUT2D eigenvalue weighted by Gasteiger charge is -2.06. The molecule has 0 spiro atoms. The summed E-state index contributed by atoms with van der Waals surface area (Å²) in [6.07, 6.45) is 0. The minimum Gasteiger partial charge on any atom is -0.504 e. The van der Waals surface area contributed by atoms with Crippen molar-refractivity contribution in [3.63, 3.8) is 0 Å². The van der Waals surface area contributed by atoms with Crippen molar-refractivity contribution in [2.75, 3.05) is 18.3 Å². The van der Waals surface area contributed by atoms with Crippen LogP contribution in [-0.4, -0.2) is 24.0 Å². The number of methoxy groups -OCH3 is 1. The molecule has 1 rings (SSSR count). The van der Waals surface area contributed by atoms with Gasteiger partial charge in [-0.3, -0.25) is 4.79 Å². The summed E-state index contributed by atoms with van der Waals surface area (Å²) in [7, 11) is 1.45. The van der Waals surface area contributed by atoms with Crippen LogP contribution in [0.15, 0.2) is 18.2 Å². The molecule has 1 aromatic carbocycles. The van der Waals surface area contributed by atoms with Gasteiger partial charge in [0.2, 0.25) is 5.91 Å². The van der Waals surface area contributed by atoms with Gasteiger partial charge in [-0.25, -0.2) is 0 Å². The number of benzene rings is 1. The Hall–Kier alpha value is -1.42. The number of halogens is 1. The predicted molar refractivity (Wildman–Crippen MR) is 54.0 cm³/mol. The average Bonchev–Trinajstić information content (AvgIpc) is 2.18. The smallest absolute Gasteiger partial charge is 0.239 e. The minimum atomic E-state index is -0.323. The molecule has 0 heterocycles. The number of anilines is 1. The van der Waals surface area contributed by atoms with Crippen molar-refractivity contribution >= 4 is 23.2 Å². The van der Waals surface area contributed by atoms with Crippen molar-refractivity contribution in [1.29, 1.82) is 0 Å². The van der Waals surface area contributed by atoms with Crippen LogP contribution >= 0.6 is 11.6 Å². The van der Waals surface area contributed by atoms with E-state index >= 15 is 0 Å². The third-order valence-corrected chi connectivity index (χ3v) is 1.83. The molecular formula is C9H10ClNO3. The van der Waals surface area contributed by atoms with Crippen molar-refractivity contribution in [2.24, 2.45) is 0 Å². The van der Waals surface area contributed by atoms with Crippen molar-refractivity contribution in [1.82, 2.24) is 0 Å². The number of aromatic hydroxyl groups is 1. The molecule has 0 saturated carbocycles. The zero-order valence-electron chi connectivity index (χ0n) is 7.58. The van der Waals surface area contributed by atoms with Crippen molar-refractivity contribution in [3.05, 3.63) is 18.2 Å². The van der Waals surface area contributed by atoms with Gasteiger partial charge in [-0.1, -0.05) is 0 Å². The molecule has 0 aliphatic heterocycles. The molecule has 1 aromatic rings. The lowest BCUT2D eigenvalue weighted by molar-refractivity contribution is -0.113. The zero-order valence-corrected chi connectivity index (χ0v) is 8.34. The fourth-order valence-corrected chi connectivity index (χ4v) is 1.03. The average molecular weight is 216 g/mol. The Bertz CT molecular complexity index is 341. The van der Waals surface area contributed by atoms with Gasteiger partial charge >= 0.3 is 0 Å². The summed E-state index contributed by atoms with van der Waals surface area (Å²) in [5.41, 5.74) is 0.481. The van der Waals surface area contributed by atoms with Crippen LogP contribution in [0.3, 0.4) is 0 Å². The van der Waals surface area contributed by atoms with E-state index in [-0.39, 0.29) is 17.5 Å². The molecule has 0 atom stereocenters. The number of carbonyl (C=O) groups excluding carboxylic acids is 1. The van der Waals surface area contributed by atoms with E-state index in [9.17, 15) is 9.90 Å². The molecule has 76 valence electrons. The second-order valence-electron chi connectivity index (χ2n) is 2.57. The number of hydrogen-bond acceptors (Lipinski definition) is 3. The third-order valence-electron chi connectivity index (χ3n) is 1.58. The molecule has 1 amide bonds. The van der Waals surface area contributed by atoms with Gasteiger partial charge in [0.1, 0.15) is 5.88 Å². The third kappa shape index (κ3) is 2.53. The van der Waals surface area contributed by atoms with Gasteiger partial charge in [0.15, 0.2) is 11.5 Å². The van der Waals surface area contributed by atoms with Gasteiger partial charge in [0.25, 0.3) is 0 Å². The largest absolute Gasteiger partial charge is 0.504 e. The second kappa shape index (κ2) is 4.72. The molecule has 0 bridgehead atoms. The van der Waals surface area contributed by atoms with E-state index in [1.54, 1.807) is 12.1 Å². The van der Waals surface area contributed by atoms with E-state index in [1.165, 1.54) is 13.2 Å². The lowest BCUT2D eigenvalue weighted by Crippen LogP contribution is -2.12. The lowest BCUT2D eigenvalue weighted by atomic mass is 10.3. The molecule has 2 N–H and O–H groups in total. The minimum absolute atomic E-state index is 0.0279. The van der Waals surface area contributed by atoms with Crippen molar-refractivity contribution in [3.8, 4) is 11.5 Å². The monoisotopic (exact) mass is 215 g/mol. The van der Waals surface area contributed by atoms with Crippen molar-refractivity contribution < 1.29 is 14.6 Å². The highest BCUT2D eigenvalue weighted by Crippen LogP contribution is 2.28. The Morgan fingerprint density at radius 3 is 2.86 bits per heavy atom. The Kier molecular flexibility index (Phi) is 3.59. The molecule has 0 radical (unpaired) electrons. The number of ether oxygens (including phenoxy) is 1. The van der Waals surface area contributed by atoms with Crippen LogP contribution in [0.5, 0.6) is 11.5 Å². The quantitative estimate of drug-likeness (QED) is 0.753. The summed E-state index contributed by atoms with van der Waals surface area (Å²) in [6.45, 7) is 0. The topological polar surface area (TPSA) is 58.6 Å². The van der Waals surface area contributed by atoms with Crippen LogP contribution in [0, 0.1) is 0 Å². The highest BCUT2D eigenvalue weighted by atomic mass is 35.5. The summed E-state index contributed by atoms with van der Waals surface area (Å²) in [4.78, 5) is 10.9. The molecule has 0 aliphatic carbocycles. The Balaban J connectivity index is 2.81. The first-order chi connectivity index (χ1) is 6.67. The van der Waals surface area contributed by atoms with E-state index < -0.39 is 0 Å². The van der Waals surface area contributed by atoms with E-state index in [4.69, 9.17) is 16.3 Å². The molecule has 0 unspecified atom stereocenters. The van der Waals surface area contributed by atoms with Crippen molar-refractivity contribution in [2.45, 2.75) is 0 Å². The van der Waals surface area contributed by atoms with Gasteiger partial charge in [-0.05, 0) is 12.1 Å². The van der Waals surface area contributed by atoms with Gasteiger partial charge < -0.3 is 15.2 Å². The van der Waals surface area contributed by atoms with Crippen LogP contribution in [0.2, 0.25) is 0 Å². The summed E-state index contributed by atoms with van der Waals surface area (Å²) >= 11 is 5.30. The summed E-state index contributed by atoms with van der Waals surface area (Å²) < 4.78 is 4.84. The first-order valence-corrected chi connectivity index (χ1v) is 4.43. The molecule has 4 nitrogen and oxygen atoms in total. The number of phenolic OH excluding ortho intramolecular Hbond substituents is 1. The van der Waals surface area contributed by atoms with E-state index in [2.05, 4.69) is 5.32 Å². The number of nitrogens with one attached hydrogen (secondary N) is 1. The Morgan fingerprint density at radius 1 is 1.64 bits per heavy atom. The van der Waals surface area contributed by atoms with Crippen LogP contribution < -0.4 is 10.1 Å². The SMILES string of the molecule is COc1ccc(NC(=O)CCl)cc1O. The number of carbonyl (C=O) groups is 1. The summed E-state index contributed by atoms with van der Waals surface area (Å²) in [5.74, 6) is -0.114. The highest BCUT2D eigenvalue weighted by molar-refractivity contribution is 6.29. The molecule has 0 aliphatic rings. The first kappa shape index (κ1) is 10.7. The Labute approximate surface area is 86.4 Å². The number of phenols is 1. The predicted octanol–water partition coefficient (Wildman–Crippen LogP) is 1.58. The molecule has 0 fully saturated rings. The van der Waals surface area contributed by atoms with Gasteiger partial charge in [-0.15, -0.1) is 11.6 Å². The molecular weight excluding hydrogens is 206 g/mol. The molecule has 0 saturated heterocycles. The molecule has 5 heteroatoms. The summed E-state index contributed by atoms with van der Waals surface area (Å²) in [6, 6.07) is 4.56. The fraction of sp³-hybridized carbons (Fsp3) is 0.222. The fourth-order valence-electron chi connectivity index (χ4n) is 0.962. The maximum Gasteiger partial charge on any atom is 0.239 e. The van der Waals surface area contributed by atoms with Crippen LogP contribution in [0.4, 0.5) is 5.69 Å². The molecule has 14 heavy (non-hydrogen) atoms. The number of amides is 1. The molecule has 0 aromatic heterocycles. The van der Waals surface area contributed by atoms with E-state index in [1.807, 2.05) is 0 Å². The normalized spacial score (nSPS) is 9.57.